The molecule has 1 aliphatic rings. The fraction of sp³-hybridized carbons (Fsp3) is 0.318. The summed E-state index contributed by atoms with van der Waals surface area (Å²) in [5.41, 5.74) is 2.09. The Morgan fingerprint density at radius 2 is 1.74 bits per heavy atom. The van der Waals surface area contributed by atoms with E-state index in [0.29, 0.717) is 6.54 Å². The largest absolute Gasteiger partial charge is 0.334 e. The summed E-state index contributed by atoms with van der Waals surface area (Å²) in [7, 11) is 0. The van der Waals surface area contributed by atoms with Crippen molar-refractivity contribution in [3.05, 3.63) is 76.0 Å². The van der Waals surface area contributed by atoms with Gasteiger partial charge in [0.1, 0.15) is 5.82 Å². The molecule has 1 saturated heterocycles. The number of carbonyl (C=O) groups is 1. The average molecular weight is 431 g/mol. The Hall–Kier alpha value is -1.98. The number of hydrogen-bond acceptors (Lipinski definition) is 2. The molecule has 0 saturated carbocycles. The molecule has 5 heteroatoms. The number of carbonyl (C=O) groups excluding carboxylic acids is 1. The summed E-state index contributed by atoms with van der Waals surface area (Å²) in [6.07, 6.45) is 3.51. The maximum atomic E-state index is 13.1. The first kappa shape index (κ1) is 19.8. The van der Waals surface area contributed by atoms with E-state index in [1.54, 1.807) is 6.08 Å². The van der Waals surface area contributed by atoms with Gasteiger partial charge < -0.3 is 4.90 Å². The Morgan fingerprint density at radius 1 is 1.07 bits per heavy atom. The molecule has 1 fully saturated rings. The van der Waals surface area contributed by atoms with Crippen LogP contribution in [0.1, 0.15) is 25.0 Å². The SMILES string of the molecule is C[C@@H]1CN(C(=O)C=Cc2ccc(Br)cc2)[C@@H](C)CN1Cc1ccc(F)cc1. The van der Waals surface area contributed by atoms with E-state index in [9.17, 15) is 9.18 Å². The minimum Gasteiger partial charge on any atom is -0.334 e. The predicted octanol–water partition coefficient (Wildman–Crippen LogP) is 4.72. The molecule has 2 aromatic rings. The van der Waals surface area contributed by atoms with E-state index in [-0.39, 0.29) is 23.8 Å². The van der Waals surface area contributed by atoms with Gasteiger partial charge in [-0.1, -0.05) is 40.2 Å². The number of piperazine rings is 1. The summed E-state index contributed by atoms with van der Waals surface area (Å²) in [5.74, 6) is -0.174. The molecule has 0 bridgehead atoms. The molecule has 0 unspecified atom stereocenters. The van der Waals surface area contributed by atoms with Gasteiger partial charge in [0.15, 0.2) is 0 Å². The minimum absolute atomic E-state index is 0.0405. The van der Waals surface area contributed by atoms with E-state index in [2.05, 4.69) is 34.7 Å². The van der Waals surface area contributed by atoms with E-state index in [0.717, 1.165) is 28.7 Å². The van der Waals surface area contributed by atoms with E-state index >= 15 is 0 Å². The van der Waals surface area contributed by atoms with E-state index < -0.39 is 0 Å². The molecule has 3 rings (SSSR count). The fourth-order valence-electron chi connectivity index (χ4n) is 3.39. The number of halogens is 2. The summed E-state index contributed by atoms with van der Waals surface area (Å²) in [6.45, 7) is 6.47. The predicted molar refractivity (Wildman–Crippen MR) is 111 cm³/mol. The first-order valence-electron chi connectivity index (χ1n) is 9.15. The highest BCUT2D eigenvalue weighted by molar-refractivity contribution is 9.10. The van der Waals surface area contributed by atoms with Crippen LogP contribution in [0.25, 0.3) is 6.08 Å². The highest BCUT2D eigenvalue weighted by atomic mass is 79.9. The molecule has 27 heavy (non-hydrogen) atoms. The normalized spacial score (nSPS) is 21.0. The van der Waals surface area contributed by atoms with Crippen LogP contribution in [0.2, 0.25) is 0 Å². The van der Waals surface area contributed by atoms with Crippen LogP contribution in [0.15, 0.2) is 59.1 Å². The highest BCUT2D eigenvalue weighted by Gasteiger charge is 2.30. The van der Waals surface area contributed by atoms with Crippen molar-refractivity contribution < 1.29 is 9.18 Å². The van der Waals surface area contributed by atoms with Gasteiger partial charge in [-0.15, -0.1) is 0 Å². The average Bonchev–Trinajstić information content (AvgIpc) is 2.65. The summed E-state index contributed by atoms with van der Waals surface area (Å²) in [4.78, 5) is 16.9. The molecular weight excluding hydrogens is 407 g/mol. The number of amides is 1. The second-order valence-electron chi connectivity index (χ2n) is 7.13. The van der Waals surface area contributed by atoms with Crippen LogP contribution < -0.4 is 0 Å². The quantitative estimate of drug-likeness (QED) is 0.654. The van der Waals surface area contributed by atoms with Gasteiger partial charge in [0.2, 0.25) is 5.91 Å². The van der Waals surface area contributed by atoms with Gasteiger partial charge in [-0.25, -0.2) is 4.39 Å². The molecule has 0 aliphatic carbocycles. The molecular formula is C22H24BrFN2O. The van der Waals surface area contributed by atoms with Crippen molar-refractivity contribution in [2.24, 2.45) is 0 Å². The molecule has 0 aromatic heterocycles. The third-order valence-corrected chi connectivity index (χ3v) is 5.51. The zero-order valence-corrected chi connectivity index (χ0v) is 17.2. The zero-order valence-electron chi connectivity index (χ0n) is 15.6. The van der Waals surface area contributed by atoms with Crippen LogP contribution in [0.4, 0.5) is 4.39 Å². The molecule has 2 atom stereocenters. The number of nitrogens with zero attached hydrogens (tertiary/aromatic N) is 2. The van der Waals surface area contributed by atoms with E-state index in [1.165, 1.54) is 12.1 Å². The van der Waals surface area contributed by atoms with E-state index in [4.69, 9.17) is 0 Å². The Kier molecular flexibility index (Phi) is 6.45. The second-order valence-corrected chi connectivity index (χ2v) is 8.05. The van der Waals surface area contributed by atoms with Crippen LogP contribution in [-0.2, 0) is 11.3 Å². The lowest BCUT2D eigenvalue weighted by Gasteiger charge is -2.44. The molecule has 3 nitrogen and oxygen atoms in total. The number of rotatable bonds is 4. The molecule has 1 amide bonds. The van der Waals surface area contributed by atoms with Gasteiger partial charge in [0, 0.05) is 42.3 Å². The lowest BCUT2D eigenvalue weighted by Crippen LogP contribution is -2.57. The van der Waals surface area contributed by atoms with Gasteiger partial charge in [-0.3, -0.25) is 9.69 Å². The zero-order chi connectivity index (χ0) is 19.4. The maximum Gasteiger partial charge on any atom is 0.246 e. The van der Waals surface area contributed by atoms with Crippen molar-refractivity contribution in [3.63, 3.8) is 0 Å². The Balaban J connectivity index is 1.61. The van der Waals surface area contributed by atoms with Crippen LogP contribution >= 0.6 is 15.9 Å². The van der Waals surface area contributed by atoms with Gasteiger partial charge in [0.25, 0.3) is 0 Å². The third kappa shape index (κ3) is 5.27. The lowest BCUT2D eigenvalue weighted by atomic mass is 10.1. The number of benzene rings is 2. The van der Waals surface area contributed by atoms with Crippen molar-refractivity contribution in [2.45, 2.75) is 32.5 Å². The molecule has 1 heterocycles. The standard InChI is InChI=1S/C22H24BrFN2O/c1-16-14-26(22(27)12-7-18-3-8-20(23)9-4-18)17(2)13-25(16)15-19-5-10-21(24)11-6-19/h3-12,16-17H,13-15H2,1-2H3/t16-,17+/m1/s1. The van der Waals surface area contributed by atoms with Gasteiger partial charge in [-0.05, 0) is 55.3 Å². The smallest absolute Gasteiger partial charge is 0.246 e. The van der Waals surface area contributed by atoms with Crippen molar-refractivity contribution in [2.75, 3.05) is 13.1 Å². The van der Waals surface area contributed by atoms with Crippen molar-refractivity contribution >= 4 is 27.9 Å². The summed E-state index contributed by atoms with van der Waals surface area (Å²) >= 11 is 3.41. The Bertz CT molecular complexity index is 804. The summed E-state index contributed by atoms with van der Waals surface area (Å²) < 4.78 is 14.1. The molecule has 0 N–H and O–H groups in total. The molecule has 142 valence electrons. The minimum atomic E-state index is -0.215. The Morgan fingerprint density at radius 3 is 2.41 bits per heavy atom. The van der Waals surface area contributed by atoms with Gasteiger partial charge in [0.05, 0.1) is 0 Å². The first-order valence-corrected chi connectivity index (χ1v) is 9.94. The molecule has 2 aromatic carbocycles. The van der Waals surface area contributed by atoms with E-state index in [1.807, 2.05) is 47.4 Å². The fourth-order valence-corrected chi connectivity index (χ4v) is 3.65. The van der Waals surface area contributed by atoms with Gasteiger partial charge >= 0.3 is 0 Å². The van der Waals surface area contributed by atoms with Crippen LogP contribution in [0.5, 0.6) is 0 Å². The number of hydrogen-bond donors (Lipinski definition) is 0. The highest BCUT2D eigenvalue weighted by Crippen LogP contribution is 2.19. The summed E-state index contributed by atoms with van der Waals surface area (Å²) in [6, 6.07) is 14.9. The van der Waals surface area contributed by atoms with Crippen molar-refractivity contribution in [3.8, 4) is 0 Å². The molecule has 0 radical (unpaired) electrons. The maximum absolute atomic E-state index is 13.1. The molecule has 0 spiro atoms. The Labute approximate surface area is 168 Å². The van der Waals surface area contributed by atoms with Crippen molar-refractivity contribution in [1.82, 2.24) is 9.80 Å². The third-order valence-electron chi connectivity index (χ3n) is 4.99. The van der Waals surface area contributed by atoms with Gasteiger partial charge in [-0.2, -0.15) is 0 Å². The van der Waals surface area contributed by atoms with Crippen LogP contribution in [0.3, 0.4) is 0 Å². The topological polar surface area (TPSA) is 23.6 Å². The molecule has 1 aliphatic heterocycles. The van der Waals surface area contributed by atoms with Crippen LogP contribution in [0, 0.1) is 5.82 Å². The first-order chi connectivity index (χ1) is 12.9. The lowest BCUT2D eigenvalue weighted by molar-refractivity contribution is -0.131. The van der Waals surface area contributed by atoms with Crippen molar-refractivity contribution in [1.29, 1.82) is 0 Å². The monoisotopic (exact) mass is 430 g/mol. The van der Waals surface area contributed by atoms with Crippen LogP contribution in [-0.4, -0.2) is 40.9 Å². The second kappa shape index (κ2) is 8.81. The summed E-state index contributed by atoms with van der Waals surface area (Å²) in [5, 5.41) is 0.